The van der Waals surface area contributed by atoms with Crippen molar-refractivity contribution >= 4 is 22.3 Å². The Balaban J connectivity index is 1.34. The molecule has 1 N–H and O–H groups in total. The van der Waals surface area contributed by atoms with Crippen LogP contribution in [0.25, 0.3) is 10.8 Å². The summed E-state index contributed by atoms with van der Waals surface area (Å²) >= 11 is 0. The molecule has 0 amide bonds. The largest absolute Gasteiger partial charge is 0.463 e. The lowest BCUT2D eigenvalue weighted by molar-refractivity contribution is 0.0502. The van der Waals surface area contributed by atoms with Gasteiger partial charge in [0, 0.05) is 61.4 Å². The van der Waals surface area contributed by atoms with Gasteiger partial charge in [0.15, 0.2) is 0 Å². The van der Waals surface area contributed by atoms with Crippen LogP contribution in [0.1, 0.15) is 49.4 Å². The van der Waals surface area contributed by atoms with Gasteiger partial charge in [0.05, 0.1) is 24.9 Å². The van der Waals surface area contributed by atoms with E-state index < -0.39 is 0 Å². The molecule has 3 heterocycles. The first-order chi connectivity index (χ1) is 20.0. The molecule has 1 aromatic heterocycles. The number of aromatic nitrogens is 2. The average Bonchev–Trinajstić information content (AvgIpc) is 3.78. The van der Waals surface area contributed by atoms with Crippen LogP contribution >= 0.6 is 0 Å². The number of aliphatic hydroxyl groups excluding tert-OH is 1. The lowest BCUT2D eigenvalue weighted by atomic mass is 9.98. The van der Waals surface area contributed by atoms with E-state index >= 15 is 0 Å². The molecule has 3 aliphatic rings. The van der Waals surface area contributed by atoms with Crippen molar-refractivity contribution in [2.75, 3.05) is 69.9 Å². The van der Waals surface area contributed by atoms with Crippen molar-refractivity contribution in [3.05, 3.63) is 53.2 Å². The van der Waals surface area contributed by atoms with Crippen LogP contribution in [0.2, 0.25) is 0 Å². The van der Waals surface area contributed by atoms with Gasteiger partial charge >= 0.3 is 6.01 Å². The minimum atomic E-state index is -0.00412. The Morgan fingerprint density at radius 1 is 1.10 bits per heavy atom. The van der Waals surface area contributed by atoms with Crippen LogP contribution in [-0.4, -0.2) is 86.2 Å². The first kappa shape index (κ1) is 28.2. The zero-order valence-electron chi connectivity index (χ0n) is 24.9. The fourth-order valence-electron chi connectivity index (χ4n) is 6.70. The predicted octanol–water partition coefficient (Wildman–Crippen LogP) is 4.45. The van der Waals surface area contributed by atoms with Crippen LogP contribution in [0.15, 0.2) is 36.4 Å². The van der Waals surface area contributed by atoms with Gasteiger partial charge in [0.2, 0.25) is 0 Å². The van der Waals surface area contributed by atoms with Crippen molar-refractivity contribution in [3.63, 3.8) is 0 Å². The van der Waals surface area contributed by atoms with Crippen LogP contribution in [0, 0.1) is 5.41 Å². The van der Waals surface area contributed by atoms with Gasteiger partial charge in [0.25, 0.3) is 0 Å². The third-order valence-electron chi connectivity index (χ3n) is 8.93. The zero-order chi connectivity index (χ0) is 28.4. The molecule has 0 spiro atoms. The topological polar surface area (TPSA) is 74.2 Å². The number of rotatable bonds is 10. The van der Waals surface area contributed by atoms with Crippen molar-refractivity contribution in [3.8, 4) is 6.01 Å². The lowest BCUT2D eigenvalue weighted by Crippen LogP contribution is -2.37. The number of aryl methyl sites for hydroxylation is 1. The summed E-state index contributed by atoms with van der Waals surface area (Å²) in [5.41, 5.74) is 5.15. The van der Waals surface area contributed by atoms with Gasteiger partial charge in [-0.3, -0.25) is 0 Å². The number of anilines is 2. The molecule has 220 valence electrons. The molecule has 8 nitrogen and oxygen atoms in total. The van der Waals surface area contributed by atoms with Crippen LogP contribution in [0.3, 0.4) is 0 Å². The molecule has 1 aliphatic carbocycles. The number of benzene rings is 2. The predicted molar refractivity (Wildman–Crippen MR) is 164 cm³/mol. The molecule has 1 saturated heterocycles. The van der Waals surface area contributed by atoms with Crippen molar-refractivity contribution in [2.24, 2.45) is 5.41 Å². The maximum absolute atomic E-state index is 9.61. The van der Waals surface area contributed by atoms with E-state index in [1.54, 1.807) is 0 Å². The zero-order valence-corrected chi connectivity index (χ0v) is 24.9. The number of nitrogens with zero attached hydrogens (tertiary/aromatic N) is 5. The monoisotopic (exact) mass is 559 g/mol. The Labute approximate surface area is 244 Å². The Morgan fingerprint density at radius 3 is 2.68 bits per heavy atom. The fourth-order valence-corrected chi connectivity index (χ4v) is 6.70. The van der Waals surface area contributed by atoms with Gasteiger partial charge in [0.1, 0.15) is 5.82 Å². The van der Waals surface area contributed by atoms with E-state index in [1.165, 1.54) is 40.4 Å². The van der Waals surface area contributed by atoms with Gasteiger partial charge < -0.3 is 29.3 Å². The summed E-state index contributed by atoms with van der Waals surface area (Å²) in [5, 5.41) is 12.3. The normalized spacial score (nSPS) is 20.3. The third-order valence-corrected chi connectivity index (χ3v) is 8.93. The number of ether oxygens (including phenoxy) is 2. The highest BCUT2D eigenvalue weighted by molar-refractivity contribution is 5.97. The minimum absolute atomic E-state index is 0.00412. The van der Waals surface area contributed by atoms with Gasteiger partial charge in [-0.05, 0) is 69.6 Å². The quantitative estimate of drug-likeness (QED) is 0.391. The van der Waals surface area contributed by atoms with E-state index in [4.69, 9.17) is 19.4 Å². The van der Waals surface area contributed by atoms with E-state index in [1.807, 2.05) is 0 Å². The van der Waals surface area contributed by atoms with Gasteiger partial charge in [-0.15, -0.1) is 0 Å². The summed E-state index contributed by atoms with van der Waals surface area (Å²) in [6, 6.07) is 13.8. The second-order valence-electron chi connectivity index (χ2n) is 12.4. The standard InChI is InChI=1S/C33H45N5O3/c1-4-24-8-5-9-25-10-6-11-29(30(24)25)37-17-12-27-28(21-37)34-32(41-23-33(14-15-33)22-36(2)3)35-31(27)38-16-7-19-40-26(20-38)13-18-39/h5-6,8-11,26,39H,4,7,12-23H2,1-3H3. The highest BCUT2D eigenvalue weighted by Crippen LogP contribution is 2.46. The van der Waals surface area contributed by atoms with Gasteiger partial charge in [-0.1, -0.05) is 37.3 Å². The summed E-state index contributed by atoms with van der Waals surface area (Å²) in [7, 11) is 4.26. The van der Waals surface area contributed by atoms with Crippen molar-refractivity contribution in [1.82, 2.24) is 14.9 Å². The molecule has 6 rings (SSSR count). The molecule has 1 saturated carbocycles. The summed E-state index contributed by atoms with van der Waals surface area (Å²) < 4.78 is 12.5. The van der Waals surface area contributed by atoms with Crippen LogP contribution < -0.4 is 14.5 Å². The third kappa shape index (κ3) is 6.15. The molecule has 41 heavy (non-hydrogen) atoms. The highest BCUT2D eigenvalue weighted by Gasteiger charge is 2.44. The summed E-state index contributed by atoms with van der Waals surface area (Å²) in [4.78, 5) is 17.2. The molecule has 8 heteroatoms. The number of hydrogen-bond donors (Lipinski definition) is 1. The molecular formula is C33H45N5O3. The van der Waals surface area contributed by atoms with Crippen LogP contribution in [-0.2, 0) is 24.1 Å². The maximum atomic E-state index is 9.61. The molecule has 1 atom stereocenters. The lowest BCUT2D eigenvalue weighted by Gasteiger charge is -2.34. The fraction of sp³-hybridized carbons (Fsp3) is 0.576. The van der Waals surface area contributed by atoms with E-state index in [2.05, 4.69) is 72.1 Å². The van der Waals surface area contributed by atoms with E-state index in [-0.39, 0.29) is 18.1 Å². The van der Waals surface area contributed by atoms with Crippen molar-refractivity contribution in [1.29, 1.82) is 0 Å². The number of aliphatic hydroxyl groups is 1. The minimum Gasteiger partial charge on any atom is -0.463 e. The first-order valence-electron chi connectivity index (χ1n) is 15.4. The molecule has 3 aromatic rings. The molecule has 0 radical (unpaired) electrons. The van der Waals surface area contributed by atoms with E-state index in [9.17, 15) is 5.11 Å². The summed E-state index contributed by atoms with van der Waals surface area (Å²) in [6.07, 6.45) is 5.81. The Bertz CT molecular complexity index is 1350. The first-order valence-corrected chi connectivity index (χ1v) is 15.4. The van der Waals surface area contributed by atoms with E-state index in [0.717, 1.165) is 63.5 Å². The average molecular weight is 560 g/mol. The smallest absolute Gasteiger partial charge is 0.318 e. The Morgan fingerprint density at radius 2 is 1.93 bits per heavy atom. The van der Waals surface area contributed by atoms with Crippen LogP contribution in [0.4, 0.5) is 11.5 Å². The molecule has 2 aliphatic heterocycles. The van der Waals surface area contributed by atoms with E-state index in [0.29, 0.717) is 25.6 Å². The summed E-state index contributed by atoms with van der Waals surface area (Å²) in [5.74, 6) is 0.989. The SMILES string of the molecule is CCc1cccc2cccc(N3CCc4c(nc(OCC5(CN(C)C)CC5)nc4N4CCCOC(CCO)C4)C3)c12. The van der Waals surface area contributed by atoms with Crippen LogP contribution in [0.5, 0.6) is 6.01 Å². The number of fused-ring (bicyclic) bond motifs is 2. The van der Waals surface area contributed by atoms with Crippen molar-refractivity contribution < 1.29 is 14.6 Å². The Kier molecular flexibility index (Phi) is 8.33. The Hall–Kier alpha value is -2.94. The van der Waals surface area contributed by atoms with Gasteiger partial charge in [-0.2, -0.15) is 9.97 Å². The molecular weight excluding hydrogens is 514 g/mol. The molecule has 2 fully saturated rings. The molecule has 2 aromatic carbocycles. The number of hydrogen-bond acceptors (Lipinski definition) is 8. The molecule has 1 unspecified atom stereocenters. The second-order valence-corrected chi connectivity index (χ2v) is 12.4. The second kappa shape index (κ2) is 12.1. The molecule has 0 bridgehead atoms. The van der Waals surface area contributed by atoms with Gasteiger partial charge in [-0.25, -0.2) is 0 Å². The summed E-state index contributed by atoms with van der Waals surface area (Å²) in [6.45, 7) is 7.98. The van der Waals surface area contributed by atoms with Crippen molar-refractivity contribution in [2.45, 2.75) is 58.1 Å². The highest BCUT2D eigenvalue weighted by atomic mass is 16.5. The maximum Gasteiger partial charge on any atom is 0.318 e.